The maximum Gasteiger partial charge on any atom is 0.119 e. The van der Waals surface area contributed by atoms with Crippen LogP contribution < -0.4 is 4.74 Å². The number of nitrogens with zero attached hydrogens (tertiary/aromatic N) is 1. The van der Waals surface area contributed by atoms with E-state index >= 15 is 0 Å². The number of ether oxygens (including phenoxy) is 1. The molecule has 0 radical (unpaired) electrons. The summed E-state index contributed by atoms with van der Waals surface area (Å²) in [7, 11) is 1.67. The molecule has 0 aliphatic carbocycles. The van der Waals surface area contributed by atoms with Gasteiger partial charge in [-0.2, -0.15) is 0 Å². The van der Waals surface area contributed by atoms with Crippen LogP contribution in [0.5, 0.6) is 5.75 Å². The lowest BCUT2D eigenvalue weighted by molar-refractivity contribution is 0.415. The Bertz CT molecular complexity index is 517. The molecular weight excluding hydrogens is 246 g/mol. The highest BCUT2D eigenvalue weighted by atomic mass is 16.5. The predicted molar refractivity (Wildman–Crippen MR) is 85.1 cm³/mol. The van der Waals surface area contributed by atoms with Gasteiger partial charge in [-0.05, 0) is 55.5 Å². The van der Waals surface area contributed by atoms with Crippen molar-refractivity contribution in [2.45, 2.75) is 25.7 Å². The molecule has 0 saturated carbocycles. The minimum Gasteiger partial charge on any atom is -0.497 e. The van der Waals surface area contributed by atoms with Crippen LogP contribution in [-0.4, -0.2) is 13.3 Å². The van der Waals surface area contributed by atoms with Crippen LogP contribution in [0.1, 0.15) is 24.8 Å². The zero-order valence-corrected chi connectivity index (χ0v) is 12.0. The van der Waals surface area contributed by atoms with Gasteiger partial charge in [0.15, 0.2) is 0 Å². The van der Waals surface area contributed by atoms with Crippen LogP contribution in [0.2, 0.25) is 0 Å². The van der Waals surface area contributed by atoms with E-state index in [1.165, 1.54) is 18.4 Å². The summed E-state index contributed by atoms with van der Waals surface area (Å²) >= 11 is 0. The van der Waals surface area contributed by atoms with Crippen molar-refractivity contribution in [2.75, 3.05) is 7.11 Å². The predicted octanol–water partition coefficient (Wildman–Crippen LogP) is 4.81. The fraction of sp³-hybridized carbons (Fsp3) is 0.278. The standard InChI is InChI=1S/C18H21NO/c1-20-18-13-11-17(12-14-18)19-15-7-3-6-10-16-8-4-2-5-9-16/h2,4-5,8-9,11-15H,3,6-7,10H2,1H3. The maximum atomic E-state index is 5.12. The Hall–Kier alpha value is -2.09. The average molecular weight is 267 g/mol. The highest BCUT2D eigenvalue weighted by Crippen LogP contribution is 2.17. The lowest BCUT2D eigenvalue weighted by atomic mass is 10.1. The first-order chi connectivity index (χ1) is 9.88. The molecule has 2 nitrogen and oxygen atoms in total. The third-order valence-corrected chi connectivity index (χ3v) is 3.20. The van der Waals surface area contributed by atoms with E-state index in [0.717, 1.165) is 24.3 Å². The fourth-order valence-electron chi connectivity index (χ4n) is 2.05. The summed E-state index contributed by atoms with van der Waals surface area (Å²) < 4.78 is 5.12. The largest absolute Gasteiger partial charge is 0.497 e. The van der Waals surface area contributed by atoms with Crippen molar-refractivity contribution >= 4 is 11.9 Å². The summed E-state index contributed by atoms with van der Waals surface area (Å²) in [6.07, 6.45) is 6.57. The van der Waals surface area contributed by atoms with Gasteiger partial charge in [0.1, 0.15) is 5.75 Å². The number of aryl methyl sites for hydroxylation is 1. The lowest BCUT2D eigenvalue weighted by Crippen LogP contribution is -1.85. The maximum absolute atomic E-state index is 5.12. The number of benzene rings is 2. The second kappa shape index (κ2) is 8.16. The van der Waals surface area contributed by atoms with Gasteiger partial charge in [-0.1, -0.05) is 30.3 Å². The van der Waals surface area contributed by atoms with E-state index in [1.807, 2.05) is 30.5 Å². The molecule has 0 spiro atoms. The minimum atomic E-state index is 0.867. The Kier molecular flexibility index (Phi) is 5.84. The lowest BCUT2D eigenvalue weighted by Gasteiger charge is -2.00. The quantitative estimate of drug-likeness (QED) is 0.521. The van der Waals surface area contributed by atoms with Gasteiger partial charge >= 0.3 is 0 Å². The third-order valence-electron chi connectivity index (χ3n) is 3.20. The van der Waals surface area contributed by atoms with Crippen LogP contribution in [0, 0.1) is 0 Å². The zero-order chi connectivity index (χ0) is 14.0. The number of hydrogen-bond acceptors (Lipinski definition) is 2. The SMILES string of the molecule is COc1ccc(N=CCCCCc2ccccc2)cc1. The molecule has 0 fully saturated rings. The molecule has 0 unspecified atom stereocenters. The van der Waals surface area contributed by atoms with Crippen molar-refractivity contribution in [3.05, 3.63) is 60.2 Å². The van der Waals surface area contributed by atoms with Crippen LogP contribution in [0.4, 0.5) is 5.69 Å². The topological polar surface area (TPSA) is 21.6 Å². The Morgan fingerprint density at radius 1 is 0.950 bits per heavy atom. The van der Waals surface area contributed by atoms with Gasteiger partial charge in [-0.3, -0.25) is 4.99 Å². The first kappa shape index (κ1) is 14.3. The number of rotatable bonds is 7. The molecule has 20 heavy (non-hydrogen) atoms. The van der Waals surface area contributed by atoms with E-state index < -0.39 is 0 Å². The third kappa shape index (κ3) is 4.88. The molecule has 2 aromatic carbocycles. The van der Waals surface area contributed by atoms with Gasteiger partial charge in [-0.25, -0.2) is 0 Å². The van der Waals surface area contributed by atoms with E-state index in [1.54, 1.807) is 7.11 Å². The Morgan fingerprint density at radius 2 is 1.70 bits per heavy atom. The number of methoxy groups -OCH3 is 1. The van der Waals surface area contributed by atoms with Gasteiger partial charge in [0.05, 0.1) is 12.8 Å². The number of hydrogen-bond donors (Lipinski definition) is 0. The van der Waals surface area contributed by atoms with Crippen molar-refractivity contribution in [3.8, 4) is 5.75 Å². The van der Waals surface area contributed by atoms with Crippen LogP contribution in [0.25, 0.3) is 0 Å². The molecule has 0 bridgehead atoms. The molecule has 104 valence electrons. The van der Waals surface area contributed by atoms with E-state index in [9.17, 15) is 0 Å². The van der Waals surface area contributed by atoms with Crippen molar-refractivity contribution in [1.29, 1.82) is 0 Å². The summed E-state index contributed by atoms with van der Waals surface area (Å²) in [6, 6.07) is 18.4. The monoisotopic (exact) mass is 267 g/mol. The fourth-order valence-corrected chi connectivity index (χ4v) is 2.05. The normalized spacial score (nSPS) is 10.8. The molecule has 0 aromatic heterocycles. The summed E-state index contributed by atoms with van der Waals surface area (Å²) in [5.41, 5.74) is 2.40. The second-order valence-corrected chi connectivity index (χ2v) is 4.74. The zero-order valence-electron chi connectivity index (χ0n) is 12.0. The van der Waals surface area contributed by atoms with E-state index in [0.29, 0.717) is 0 Å². The van der Waals surface area contributed by atoms with Gasteiger partial charge in [0.25, 0.3) is 0 Å². The number of unbranched alkanes of at least 4 members (excludes halogenated alkanes) is 2. The van der Waals surface area contributed by atoms with Gasteiger partial charge in [0.2, 0.25) is 0 Å². The van der Waals surface area contributed by atoms with Crippen molar-refractivity contribution in [3.63, 3.8) is 0 Å². The van der Waals surface area contributed by atoms with Crippen LogP contribution >= 0.6 is 0 Å². The van der Waals surface area contributed by atoms with Crippen molar-refractivity contribution in [1.82, 2.24) is 0 Å². The Morgan fingerprint density at radius 3 is 2.40 bits per heavy atom. The minimum absolute atomic E-state index is 0.867. The Balaban J connectivity index is 1.66. The highest BCUT2D eigenvalue weighted by Gasteiger charge is 1.92. The second-order valence-electron chi connectivity index (χ2n) is 4.74. The molecule has 2 rings (SSSR count). The molecule has 0 amide bonds. The first-order valence-corrected chi connectivity index (χ1v) is 7.09. The smallest absolute Gasteiger partial charge is 0.119 e. The van der Waals surface area contributed by atoms with Crippen molar-refractivity contribution in [2.24, 2.45) is 4.99 Å². The summed E-state index contributed by atoms with van der Waals surface area (Å²) in [4.78, 5) is 4.45. The molecule has 2 heteroatoms. The molecule has 0 atom stereocenters. The van der Waals surface area contributed by atoms with Crippen LogP contribution in [-0.2, 0) is 6.42 Å². The van der Waals surface area contributed by atoms with Crippen molar-refractivity contribution < 1.29 is 4.74 Å². The van der Waals surface area contributed by atoms with Gasteiger partial charge < -0.3 is 4.74 Å². The molecule has 0 N–H and O–H groups in total. The van der Waals surface area contributed by atoms with Crippen LogP contribution in [0.15, 0.2) is 59.6 Å². The molecule has 0 saturated heterocycles. The van der Waals surface area contributed by atoms with E-state index in [2.05, 4.69) is 35.3 Å². The van der Waals surface area contributed by atoms with E-state index in [-0.39, 0.29) is 0 Å². The average Bonchev–Trinajstić information content (AvgIpc) is 2.52. The van der Waals surface area contributed by atoms with E-state index in [4.69, 9.17) is 4.74 Å². The summed E-state index contributed by atoms with van der Waals surface area (Å²) in [5.74, 6) is 0.867. The molecule has 0 aliphatic heterocycles. The molecular formula is C18H21NO. The molecule has 0 aliphatic rings. The molecule has 0 heterocycles. The van der Waals surface area contributed by atoms with Gasteiger partial charge in [-0.15, -0.1) is 0 Å². The van der Waals surface area contributed by atoms with Gasteiger partial charge in [0, 0.05) is 6.21 Å². The summed E-state index contributed by atoms with van der Waals surface area (Å²) in [6.45, 7) is 0. The Labute approximate surface area is 121 Å². The van der Waals surface area contributed by atoms with Crippen LogP contribution in [0.3, 0.4) is 0 Å². The summed E-state index contributed by atoms with van der Waals surface area (Å²) in [5, 5.41) is 0. The first-order valence-electron chi connectivity index (χ1n) is 7.09. The number of aliphatic imine (C=N–C) groups is 1. The highest BCUT2D eigenvalue weighted by molar-refractivity contribution is 5.63. The molecule has 2 aromatic rings.